The van der Waals surface area contributed by atoms with Crippen LogP contribution in [0.1, 0.15) is 85.5 Å². The van der Waals surface area contributed by atoms with Crippen LogP contribution in [0.25, 0.3) is 0 Å². The molecule has 11 nitrogen and oxygen atoms in total. The Morgan fingerprint density at radius 3 is 2.12 bits per heavy atom. The maximum atomic E-state index is 14.5. The largest absolute Gasteiger partial charge is 0.490 e. The van der Waals surface area contributed by atoms with Crippen LogP contribution in [0.3, 0.4) is 0 Å². The first kappa shape index (κ1) is 39.4. The number of benzene rings is 4. The molecule has 0 aliphatic carbocycles. The number of aliphatic hydroxyl groups excluding tert-OH is 1. The maximum Gasteiger partial charge on any atom is 0.253 e. The lowest BCUT2D eigenvalue weighted by Crippen LogP contribution is -2.67. The van der Waals surface area contributed by atoms with Crippen molar-refractivity contribution in [2.75, 3.05) is 50.8 Å². The molecule has 6 aliphatic heterocycles. The van der Waals surface area contributed by atoms with Crippen LogP contribution < -0.4 is 23.8 Å². The molecule has 4 aromatic rings. The summed E-state index contributed by atoms with van der Waals surface area (Å²) < 4.78 is 25.0. The van der Waals surface area contributed by atoms with Gasteiger partial charge < -0.3 is 43.4 Å². The Labute approximate surface area is 346 Å². The fourth-order valence-corrected chi connectivity index (χ4v) is 9.91. The Kier molecular flexibility index (Phi) is 10.6. The summed E-state index contributed by atoms with van der Waals surface area (Å²) in [7, 11) is 0. The lowest BCUT2D eigenvalue weighted by molar-refractivity contribution is -0.955. The molecule has 2 amide bonds. The Hall–Kier alpha value is -5.10. The summed E-state index contributed by atoms with van der Waals surface area (Å²) in [6.45, 7) is 10.7. The van der Waals surface area contributed by atoms with Gasteiger partial charge in [0.15, 0.2) is 23.4 Å². The number of aliphatic hydroxyl groups is 2. The lowest BCUT2D eigenvalue weighted by Gasteiger charge is -2.59. The van der Waals surface area contributed by atoms with Crippen LogP contribution in [0.2, 0.25) is 0 Å². The quantitative estimate of drug-likeness (QED) is 0.0944. The highest BCUT2D eigenvalue weighted by Crippen LogP contribution is 2.58. The zero-order valence-electron chi connectivity index (χ0n) is 34.2. The fraction of sp³-hybridized carbons (Fsp3) is 0.458. The number of hydrogen-bond donors (Lipinski definition) is 2. The number of quaternary nitrogens is 1. The molecular formula is C48H56N3O8+. The molecule has 2 bridgehead atoms. The van der Waals surface area contributed by atoms with Crippen molar-refractivity contribution in [1.82, 2.24) is 4.90 Å². The number of carbonyl (C=O) groups excluding carboxylic acids is 2. The number of ether oxygens (including phenoxy) is 4. The Morgan fingerprint density at radius 1 is 0.831 bits per heavy atom. The summed E-state index contributed by atoms with van der Waals surface area (Å²) in [6, 6.07) is 29.2. The first-order valence-corrected chi connectivity index (χ1v) is 21.3. The van der Waals surface area contributed by atoms with Gasteiger partial charge >= 0.3 is 0 Å². The van der Waals surface area contributed by atoms with E-state index in [2.05, 4.69) is 24.3 Å². The van der Waals surface area contributed by atoms with Crippen molar-refractivity contribution in [3.05, 3.63) is 113 Å². The second-order valence-electron chi connectivity index (χ2n) is 17.9. The molecule has 6 aliphatic rings. The highest BCUT2D eigenvalue weighted by atomic mass is 16.6. The molecule has 6 heterocycles. The zero-order chi connectivity index (χ0) is 40.8. The summed E-state index contributed by atoms with van der Waals surface area (Å²) in [5.74, 6) is 3.33. The standard InChI is InChI=1S/C48H56N3O8/c1-47(2,46(54)55)59-40-13-8-36(9-14-40)43-48(21-23-49(24-22-48)44(52)37-10-17-41-42(30-37)57-29-3-28-56-41)45(53)50(43)38-11-15-39(16-12-38)58-32-35-6-4-34(5-7-35)31-51-25-18-33(19-26-51)20-27-51/h4-17,30,33,43,46,54-55H,3,18-29,31-32H2,1-2H3/q+1. The average molecular weight is 803 g/mol. The Bertz CT molecular complexity index is 2120. The maximum absolute atomic E-state index is 14.5. The molecule has 310 valence electrons. The summed E-state index contributed by atoms with van der Waals surface area (Å²) in [4.78, 5) is 31.9. The molecule has 1 atom stereocenters. The number of carbonyl (C=O) groups is 2. The molecule has 0 radical (unpaired) electrons. The third-order valence-corrected chi connectivity index (χ3v) is 13.7. The van der Waals surface area contributed by atoms with E-state index in [-0.39, 0.29) is 17.9 Å². The molecule has 5 fully saturated rings. The van der Waals surface area contributed by atoms with Gasteiger partial charge in [-0.25, -0.2) is 0 Å². The van der Waals surface area contributed by atoms with E-state index < -0.39 is 17.3 Å². The van der Waals surface area contributed by atoms with Gasteiger partial charge in [-0.1, -0.05) is 36.4 Å². The van der Waals surface area contributed by atoms with Crippen LogP contribution in [0.4, 0.5) is 5.69 Å². The highest BCUT2D eigenvalue weighted by Gasteiger charge is 2.62. The number of amides is 2. The minimum atomic E-state index is -1.66. The summed E-state index contributed by atoms with van der Waals surface area (Å²) in [5, 5.41) is 19.6. The first-order valence-electron chi connectivity index (χ1n) is 21.3. The minimum Gasteiger partial charge on any atom is -0.490 e. The van der Waals surface area contributed by atoms with Crippen LogP contribution in [-0.2, 0) is 17.9 Å². The smallest absolute Gasteiger partial charge is 0.253 e. The number of likely N-dealkylation sites (tertiary alicyclic amines) is 1. The van der Waals surface area contributed by atoms with E-state index in [1.165, 1.54) is 48.9 Å². The predicted octanol–water partition coefficient (Wildman–Crippen LogP) is 7.04. The van der Waals surface area contributed by atoms with Gasteiger partial charge in [-0.3, -0.25) is 9.59 Å². The SMILES string of the molecule is CC(C)(Oc1ccc(C2N(c3ccc(OCc4ccc(C[N+]56CCC(CC5)CC6)cc4)cc3)C(=O)C23CCN(C(=O)c2ccc4c(c2)OCCCO4)CC3)cc1)C(O)O. The third kappa shape index (κ3) is 7.76. The van der Waals surface area contributed by atoms with Gasteiger partial charge in [0.1, 0.15) is 24.7 Å². The van der Waals surface area contributed by atoms with Gasteiger partial charge in [0, 0.05) is 36.3 Å². The fourth-order valence-electron chi connectivity index (χ4n) is 9.91. The van der Waals surface area contributed by atoms with Gasteiger partial charge in [-0.15, -0.1) is 0 Å². The van der Waals surface area contributed by atoms with E-state index in [0.29, 0.717) is 68.6 Å². The van der Waals surface area contributed by atoms with Crippen molar-refractivity contribution < 1.29 is 43.2 Å². The number of hydrogen-bond acceptors (Lipinski definition) is 8. The molecule has 10 rings (SSSR count). The van der Waals surface area contributed by atoms with E-state index in [9.17, 15) is 19.8 Å². The summed E-state index contributed by atoms with van der Waals surface area (Å²) in [6.07, 6.45) is 4.26. The van der Waals surface area contributed by atoms with Gasteiger partial charge in [0.05, 0.1) is 44.3 Å². The molecule has 59 heavy (non-hydrogen) atoms. The van der Waals surface area contributed by atoms with Gasteiger partial charge in [0.2, 0.25) is 5.91 Å². The lowest BCUT2D eigenvalue weighted by atomic mass is 9.62. The van der Waals surface area contributed by atoms with E-state index in [1.807, 2.05) is 46.2 Å². The number of anilines is 1. The topological polar surface area (TPSA) is 118 Å². The Balaban J connectivity index is 0.891. The van der Waals surface area contributed by atoms with Crippen LogP contribution in [-0.4, -0.2) is 89.2 Å². The monoisotopic (exact) mass is 802 g/mol. The number of piperidine rings is 4. The van der Waals surface area contributed by atoms with Crippen molar-refractivity contribution in [2.24, 2.45) is 11.3 Å². The van der Waals surface area contributed by atoms with Crippen LogP contribution >= 0.6 is 0 Å². The predicted molar refractivity (Wildman–Crippen MR) is 222 cm³/mol. The van der Waals surface area contributed by atoms with Crippen molar-refractivity contribution in [2.45, 2.75) is 83.5 Å². The normalized spacial score (nSPS) is 23.5. The number of nitrogens with zero attached hydrogens (tertiary/aromatic N) is 3. The van der Waals surface area contributed by atoms with Crippen molar-refractivity contribution in [1.29, 1.82) is 0 Å². The molecule has 0 saturated carbocycles. The summed E-state index contributed by atoms with van der Waals surface area (Å²) >= 11 is 0. The minimum absolute atomic E-state index is 0.0308. The molecule has 1 unspecified atom stereocenters. The van der Waals surface area contributed by atoms with Crippen molar-refractivity contribution >= 4 is 17.5 Å². The molecule has 11 heteroatoms. The number of fused-ring (bicyclic) bond motifs is 4. The van der Waals surface area contributed by atoms with E-state index in [0.717, 1.165) is 41.4 Å². The number of rotatable bonds is 11. The van der Waals surface area contributed by atoms with Gasteiger partial charge in [0.25, 0.3) is 5.91 Å². The molecule has 0 aromatic heterocycles. The van der Waals surface area contributed by atoms with Crippen LogP contribution in [0.15, 0.2) is 91.0 Å². The second-order valence-corrected chi connectivity index (χ2v) is 17.9. The van der Waals surface area contributed by atoms with E-state index >= 15 is 0 Å². The van der Waals surface area contributed by atoms with Gasteiger partial charge in [-0.2, -0.15) is 0 Å². The van der Waals surface area contributed by atoms with E-state index in [1.54, 1.807) is 44.2 Å². The first-order chi connectivity index (χ1) is 28.5. The van der Waals surface area contributed by atoms with Gasteiger partial charge in [-0.05, 0) is 118 Å². The molecular weight excluding hydrogens is 747 g/mol. The molecule has 1 spiro atoms. The Morgan fingerprint density at radius 2 is 1.46 bits per heavy atom. The third-order valence-electron chi connectivity index (χ3n) is 13.7. The van der Waals surface area contributed by atoms with E-state index in [4.69, 9.17) is 18.9 Å². The number of β-lactam (4-membered cyclic amide) rings is 1. The van der Waals surface area contributed by atoms with Crippen LogP contribution in [0.5, 0.6) is 23.0 Å². The molecule has 2 N–H and O–H groups in total. The second kappa shape index (κ2) is 15.8. The summed E-state index contributed by atoms with van der Waals surface area (Å²) in [5.41, 5.74) is 2.83. The average Bonchev–Trinajstić information content (AvgIpc) is 3.51. The van der Waals surface area contributed by atoms with Crippen molar-refractivity contribution in [3.8, 4) is 23.0 Å². The zero-order valence-corrected chi connectivity index (χ0v) is 34.2. The van der Waals surface area contributed by atoms with Crippen LogP contribution in [0, 0.1) is 11.3 Å². The molecule has 4 aromatic carbocycles. The molecule has 5 saturated heterocycles. The van der Waals surface area contributed by atoms with Crippen molar-refractivity contribution in [3.63, 3.8) is 0 Å². The highest BCUT2D eigenvalue weighted by molar-refractivity contribution is 6.06.